The Hall–Kier alpha value is -2.79. The van der Waals surface area contributed by atoms with Crippen LogP contribution in [-0.4, -0.2) is 86.4 Å². The second-order valence-corrected chi connectivity index (χ2v) is 20.6. The number of rotatable bonds is 43. The molecule has 2 heterocycles. The molecule has 11 heteroatoms. The predicted molar refractivity (Wildman–Crippen MR) is 271 cm³/mol. The van der Waals surface area contributed by atoms with E-state index in [1.165, 1.54) is 108 Å². The quantitative estimate of drug-likeness (QED) is 0.0358. The fourth-order valence-corrected chi connectivity index (χ4v) is 10.3. The number of carbonyl (C=O) groups excluding carboxylic acids is 5. The van der Waals surface area contributed by atoms with Gasteiger partial charge < -0.3 is 24.0 Å². The number of hydrogen-bond acceptors (Lipinski definition) is 10. The lowest BCUT2D eigenvalue weighted by Gasteiger charge is -2.27. The Morgan fingerprint density at radius 1 is 0.576 bits per heavy atom. The van der Waals surface area contributed by atoms with Crippen LogP contribution in [0.25, 0.3) is 0 Å². The van der Waals surface area contributed by atoms with E-state index in [1.54, 1.807) is 0 Å². The molecule has 66 heavy (non-hydrogen) atoms. The van der Waals surface area contributed by atoms with Gasteiger partial charge in [-0.3, -0.25) is 19.2 Å². The number of thiophene rings is 1. The maximum Gasteiger partial charge on any atom is 0.339 e. The van der Waals surface area contributed by atoms with Gasteiger partial charge in [-0.25, -0.2) is 4.79 Å². The first-order chi connectivity index (χ1) is 32.1. The normalized spacial score (nSPS) is 12.5. The largest absolute Gasteiger partial charge is 0.466 e. The van der Waals surface area contributed by atoms with E-state index in [2.05, 4.69) is 25.7 Å². The third-order valence-electron chi connectivity index (χ3n) is 13.0. The van der Waals surface area contributed by atoms with E-state index in [9.17, 15) is 24.0 Å². The van der Waals surface area contributed by atoms with Gasteiger partial charge in [0.2, 0.25) is 5.91 Å². The molecule has 380 valence electrons. The Labute approximate surface area is 406 Å². The predicted octanol–water partition coefficient (Wildman–Crippen LogP) is 13.7. The summed E-state index contributed by atoms with van der Waals surface area (Å²) in [7, 11) is 3.98. The lowest BCUT2D eigenvalue weighted by atomic mass is 9.94. The van der Waals surface area contributed by atoms with Crippen molar-refractivity contribution in [1.29, 1.82) is 0 Å². The van der Waals surface area contributed by atoms with Crippen LogP contribution in [0.15, 0.2) is 0 Å². The van der Waals surface area contributed by atoms with Gasteiger partial charge in [0, 0.05) is 48.5 Å². The van der Waals surface area contributed by atoms with Crippen LogP contribution in [0.2, 0.25) is 0 Å². The second kappa shape index (κ2) is 39.1. The fraction of sp³-hybridized carbons (Fsp3) is 0.836. The van der Waals surface area contributed by atoms with E-state index in [0.29, 0.717) is 64.2 Å². The molecule has 0 bridgehead atoms. The molecule has 0 fully saturated rings. The van der Waals surface area contributed by atoms with Crippen LogP contribution < -0.4 is 0 Å². The highest BCUT2D eigenvalue weighted by Gasteiger charge is 2.31. The van der Waals surface area contributed by atoms with Gasteiger partial charge in [-0.2, -0.15) is 0 Å². The summed E-state index contributed by atoms with van der Waals surface area (Å²) >= 11 is 1.48. The smallest absolute Gasteiger partial charge is 0.339 e. The summed E-state index contributed by atoms with van der Waals surface area (Å²) in [5, 5.41) is 0. The molecule has 0 radical (unpaired) electrons. The number of amides is 1. The summed E-state index contributed by atoms with van der Waals surface area (Å²) in [6.07, 6.45) is 33.1. The zero-order valence-corrected chi connectivity index (χ0v) is 43.7. The Balaban J connectivity index is 1.82. The van der Waals surface area contributed by atoms with E-state index in [0.717, 1.165) is 112 Å². The number of ether oxygens (including phenoxy) is 3. The Morgan fingerprint density at radius 2 is 1.08 bits per heavy atom. The molecule has 1 aliphatic heterocycles. The topological polar surface area (TPSA) is 120 Å². The molecule has 0 unspecified atom stereocenters. The number of unbranched alkanes of at least 4 members (excludes halogenated alkanes) is 21. The highest BCUT2D eigenvalue weighted by molar-refractivity contribution is 7.12. The lowest BCUT2D eigenvalue weighted by molar-refractivity contribution is -0.149. The number of hydrogen-bond donors (Lipinski definition) is 0. The van der Waals surface area contributed by atoms with Crippen LogP contribution in [0.4, 0.5) is 0 Å². The van der Waals surface area contributed by atoms with Crippen molar-refractivity contribution in [3.05, 3.63) is 20.9 Å². The maximum absolute atomic E-state index is 13.6. The molecule has 2 rings (SSSR count). The summed E-state index contributed by atoms with van der Waals surface area (Å²) in [6.45, 7) is 9.69. The average molecular weight is 945 g/mol. The van der Waals surface area contributed by atoms with E-state index in [4.69, 9.17) is 14.2 Å². The van der Waals surface area contributed by atoms with Crippen LogP contribution in [0, 0.1) is 5.92 Å². The minimum atomic E-state index is -0.371. The number of fused-ring (bicyclic) bond motifs is 1. The SMILES string of the molecule is CCCCCCCCCOC(=O)CCCCCCC(=O)Cc1sc2c(c1C(=O)OCCCN(C)C)CCN(C(=O)CCCCCOC(=O)C(CCCCCCCC)CCCCCCCC)C2. The lowest BCUT2D eigenvalue weighted by Crippen LogP contribution is -2.35. The molecular formula is C55H96N2O8S. The molecular weight excluding hydrogens is 849 g/mol. The molecule has 0 spiro atoms. The zero-order chi connectivity index (χ0) is 48.0. The molecule has 1 aliphatic rings. The maximum atomic E-state index is 13.6. The van der Waals surface area contributed by atoms with Gasteiger partial charge in [0.05, 0.1) is 37.8 Å². The van der Waals surface area contributed by atoms with E-state index < -0.39 is 0 Å². The summed E-state index contributed by atoms with van der Waals surface area (Å²) in [4.78, 5) is 71.3. The van der Waals surface area contributed by atoms with Gasteiger partial charge in [0.1, 0.15) is 5.78 Å². The number of nitrogens with zero attached hydrogens (tertiary/aromatic N) is 2. The standard InChI is InChI=1S/C55H96N2O8S/c1-6-9-12-15-18-23-30-41-63-52(60)37-29-22-21-27-35-47(58)44-49-53(55(62)65-43-32-39-56(4)5)48-38-40-57(45-50(48)66-49)51(59)36-28-24-31-42-64-54(61)46(33-25-19-16-13-10-7-2)34-26-20-17-14-11-8-3/h46H,6-45H2,1-5H3. The number of ketones is 1. The Bertz CT molecular complexity index is 1440. The molecule has 0 saturated heterocycles. The highest BCUT2D eigenvalue weighted by atomic mass is 32.1. The Morgan fingerprint density at radius 3 is 1.68 bits per heavy atom. The van der Waals surface area contributed by atoms with Crippen molar-refractivity contribution in [3.63, 3.8) is 0 Å². The van der Waals surface area contributed by atoms with Crippen LogP contribution >= 0.6 is 11.3 Å². The third-order valence-corrected chi connectivity index (χ3v) is 14.3. The summed E-state index contributed by atoms with van der Waals surface area (Å²) in [5.41, 5.74) is 1.46. The molecule has 0 aromatic carbocycles. The molecule has 0 N–H and O–H groups in total. The minimum absolute atomic E-state index is 0.00155. The molecule has 1 aromatic heterocycles. The van der Waals surface area contributed by atoms with Gasteiger partial charge in [-0.05, 0) is 83.9 Å². The number of carbonyl (C=O) groups is 5. The first-order valence-electron chi connectivity index (χ1n) is 27.2. The van der Waals surface area contributed by atoms with Crippen molar-refractivity contribution in [2.75, 3.05) is 47.0 Å². The first-order valence-corrected chi connectivity index (χ1v) is 28.0. The first kappa shape index (κ1) is 59.3. The molecule has 0 atom stereocenters. The third kappa shape index (κ3) is 27.9. The zero-order valence-electron chi connectivity index (χ0n) is 42.9. The van der Waals surface area contributed by atoms with Crippen LogP contribution in [0.3, 0.4) is 0 Å². The summed E-state index contributed by atoms with van der Waals surface area (Å²) in [5.74, 6) is -0.353. The van der Waals surface area contributed by atoms with Crippen molar-refractivity contribution in [2.45, 2.75) is 246 Å². The van der Waals surface area contributed by atoms with Gasteiger partial charge in [0.15, 0.2) is 0 Å². The second-order valence-electron chi connectivity index (χ2n) is 19.4. The van der Waals surface area contributed by atoms with Crippen molar-refractivity contribution in [1.82, 2.24) is 9.80 Å². The molecule has 1 aromatic rings. The minimum Gasteiger partial charge on any atom is -0.466 e. The number of Topliss-reactive ketones (excluding diaryl/α,β-unsaturated/α-hetero) is 1. The van der Waals surface area contributed by atoms with Crippen molar-refractivity contribution in [3.8, 4) is 0 Å². The molecule has 10 nitrogen and oxygen atoms in total. The van der Waals surface area contributed by atoms with E-state index in [1.807, 2.05) is 19.0 Å². The van der Waals surface area contributed by atoms with Crippen molar-refractivity contribution in [2.24, 2.45) is 5.92 Å². The van der Waals surface area contributed by atoms with Gasteiger partial charge in [-0.15, -0.1) is 11.3 Å². The molecule has 0 saturated carbocycles. The molecule has 1 amide bonds. The average Bonchev–Trinajstić information content (AvgIpc) is 3.66. The van der Waals surface area contributed by atoms with Crippen LogP contribution in [-0.2, 0) is 52.8 Å². The summed E-state index contributed by atoms with van der Waals surface area (Å²) < 4.78 is 17.0. The van der Waals surface area contributed by atoms with Crippen molar-refractivity contribution < 1.29 is 38.2 Å². The fourth-order valence-electron chi connectivity index (χ4n) is 8.91. The summed E-state index contributed by atoms with van der Waals surface area (Å²) in [6, 6.07) is 0. The van der Waals surface area contributed by atoms with E-state index >= 15 is 0 Å². The van der Waals surface area contributed by atoms with Crippen LogP contribution in [0.1, 0.15) is 252 Å². The van der Waals surface area contributed by atoms with Crippen LogP contribution in [0.5, 0.6) is 0 Å². The van der Waals surface area contributed by atoms with Gasteiger partial charge >= 0.3 is 17.9 Å². The van der Waals surface area contributed by atoms with Crippen molar-refractivity contribution >= 4 is 40.9 Å². The Kier molecular flexibility index (Phi) is 35.1. The van der Waals surface area contributed by atoms with Gasteiger partial charge in [0.25, 0.3) is 0 Å². The monoisotopic (exact) mass is 945 g/mol. The molecule has 0 aliphatic carbocycles. The highest BCUT2D eigenvalue weighted by Crippen LogP contribution is 2.35. The van der Waals surface area contributed by atoms with E-state index in [-0.39, 0.29) is 41.9 Å². The number of esters is 3. The van der Waals surface area contributed by atoms with Gasteiger partial charge in [-0.1, -0.05) is 149 Å².